The van der Waals surface area contributed by atoms with Crippen LogP contribution in [0.1, 0.15) is 25.3 Å². The number of carboxylic acid groups (broad SMARTS) is 1. The van der Waals surface area contributed by atoms with E-state index >= 15 is 0 Å². The number of sulfone groups is 1. The predicted molar refractivity (Wildman–Crippen MR) is 98.1 cm³/mol. The maximum absolute atomic E-state index is 12.6. The van der Waals surface area contributed by atoms with Crippen molar-refractivity contribution in [3.63, 3.8) is 0 Å². The predicted octanol–water partition coefficient (Wildman–Crippen LogP) is 1.36. The van der Waals surface area contributed by atoms with E-state index in [1.54, 1.807) is 36.1 Å². The fraction of sp³-hybridized carbons (Fsp3) is 0.579. The number of likely N-dealkylation sites (tertiary alicyclic amines) is 1. The second-order valence-electron chi connectivity index (χ2n) is 7.30. The number of carboxylic acids is 1. The van der Waals surface area contributed by atoms with Gasteiger partial charge in [0, 0.05) is 32.0 Å². The molecule has 1 aromatic rings. The highest BCUT2D eigenvalue weighted by Gasteiger charge is 2.54. The van der Waals surface area contributed by atoms with E-state index in [4.69, 9.17) is 4.74 Å². The van der Waals surface area contributed by atoms with Crippen molar-refractivity contribution >= 4 is 21.7 Å². The molecule has 3 rings (SSSR count). The van der Waals surface area contributed by atoms with Crippen molar-refractivity contribution in [2.75, 3.05) is 32.1 Å². The molecule has 2 aliphatic rings. The van der Waals surface area contributed by atoms with Gasteiger partial charge < -0.3 is 14.7 Å². The first-order chi connectivity index (χ1) is 12.8. The van der Waals surface area contributed by atoms with Crippen LogP contribution in [-0.4, -0.2) is 62.4 Å². The molecule has 1 aromatic carbocycles. The summed E-state index contributed by atoms with van der Waals surface area (Å²) in [7, 11) is -3.23. The molecule has 0 bridgehead atoms. The van der Waals surface area contributed by atoms with Gasteiger partial charge in [-0.05, 0) is 30.5 Å². The van der Waals surface area contributed by atoms with Gasteiger partial charge in [-0.3, -0.25) is 9.59 Å². The van der Waals surface area contributed by atoms with Crippen LogP contribution in [0.25, 0.3) is 0 Å². The first-order valence-corrected chi connectivity index (χ1v) is 10.8. The van der Waals surface area contributed by atoms with Gasteiger partial charge in [0.2, 0.25) is 5.91 Å². The van der Waals surface area contributed by atoms with E-state index in [1.165, 1.54) is 0 Å². The van der Waals surface area contributed by atoms with Crippen molar-refractivity contribution in [1.29, 1.82) is 0 Å². The first kappa shape index (κ1) is 19.8. The van der Waals surface area contributed by atoms with Crippen molar-refractivity contribution in [2.24, 2.45) is 11.3 Å². The van der Waals surface area contributed by atoms with Gasteiger partial charge in [-0.15, -0.1) is 0 Å². The van der Waals surface area contributed by atoms with Crippen LogP contribution in [0.4, 0.5) is 0 Å². The molecule has 27 heavy (non-hydrogen) atoms. The molecule has 2 fully saturated rings. The lowest BCUT2D eigenvalue weighted by molar-refractivity contribution is -0.157. The largest absolute Gasteiger partial charge is 0.481 e. The molecular formula is C19H25NO6S. The number of hydrogen-bond acceptors (Lipinski definition) is 5. The number of rotatable bonds is 6. The number of aliphatic carboxylic acids is 1. The van der Waals surface area contributed by atoms with Crippen molar-refractivity contribution < 1.29 is 27.9 Å². The van der Waals surface area contributed by atoms with Gasteiger partial charge in [0.1, 0.15) is 0 Å². The average Bonchev–Trinajstić information content (AvgIpc) is 3.08. The van der Waals surface area contributed by atoms with E-state index < -0.39 is 21.2 Å². The molecule has 2 atom stereocenters. The molecule has 7 nitrogen and oxygen atoms in total. The number of nitrogens with zero attached hydrogens (tertiary/aromatic N) is 1. The van der Waals surface area contributed by atoms with Crippen LogP contribution in [-0.2, 0) is 30.6 Å². The Kier molecular flexibility index (Phi) is 5.58. The van der Waals surface area contributed by atoms with Crippen LogP contribution in [0, 0.1) is 11.3 Å². The quantitative estimate of drug-likeness (QED) is 0.781. The fourth-order valence-electron chi connectivity index (χ4n) is 3.93. The summed E-state index contributed by atoms with van der Waals surface area (Å²) in [5, 5.41) is 9.68. The summed E-state index contributed by atoms with van der Waals surface area (Å²) in [4.78, 5) is 26.3. The summed E-state index contributed by atoms with van der Waals surface area (Å²) in [5.74, 6) is -1.03. The van der Waals surface area contributed by atoms with Gasteiger partial charge in [-0.1, -0.05) is 19.1 Å². The number of aryl methyl sites for hydroxylation is 1. The number of fused-ring (bicyclic) bond motifs is 1. The lowest BCUT2D eigenvalue weighted by Crippen LogP contribution is -2.45. The van der Waals surface area contributed by atoms with Gasteiger partial charge in [-0.25, -0.2) is 8.42 Å². The molecular weight excluding hydrogens is 370 g/mol. The van der Waals surface area contributed by atoms with Gasteiger partial charge in [0.05, 0.1) is 22.7 Å². The zero-order chi connectivity index (χ0) is 19.7. The fourth-order valence-corrected chi connectivity index (χ4v) is 4.81. The lowest BCUT2D eigenvalue weighted by atomic mass is 9.74. The molecule has 1 amide bonds. The molecule has 1 N–H and O–H groups in total. The third-order valence-corrected chi connectivity index (χ3v) is 7.53. The number of carbonyl (C=O) groups is 2. The van der Waals surface area contributed by atoms with E-state index in [1.807, 2.05) is 0 Å². The van der Waals surface area contributed by atoms with E-state index in [9.17, 15) is 23.1 Å². The van der Waals surface area contributed by atoms with Crippen molar-refractivity contribution in [3.05, 3.63) is 29.8 Å². The lowest BCUT2D eigenvalue weighted by Gasteiger charge is -2.33. The van der Waals surface area contributed by atoms with Crippen LogP contribution >= 0.6 is 0 Å². The van der Waals surface area contributed by atoms with E-state index in [2.05, 4.69) is 0 Å². The van der Waals surface area contributed by atoms with Crippen LogP contribution in [0.2, 0.25) is 0 Å². The third-order valence-electron chi connectivity index (χ3n) is 5.78. The summed E-state index contributed by atoms with van der Waals surface area (Å²) < 4.78 is 29.1. The summed E-state index contributed by atoms with van der Waals surface area (Å²) in [5.41, 5.74) is -0.00402. The number of amides is 1. The Morgan fingerprint density at radius 1 is 1.30 bits per heavy atom. The van der Waals surface area contributed by atoms with Gasteiger partial charge in [-0.2, -0.15) is 0 Å². The highest BCUT2D eigenvalue weighted by Crippen LogP contribution is 2.42. The molecule has 2 saturated heterocycles. The minimum Gasteiger partial charge on any atom is -0.481 e. The molecule has 0 saturated carbocycles. The second kappa shape index (κ2) is 7.59. The third kappa shape index (κ3) is 3.87. The van der Waals surface area contributed by atoms with Crippen LogP contribution in [0.5, 0.6) is 0 Å². The smallest absolute Gasteiger partial charge is 0.311 e. The van der Waals surface area contributed by atoms with Crippen LogP contribution in [0.15, 0.2) is 29.2 Å². The topological polar surface area (TPSA) is 101 Å². The Bertz CT molecular complexity index is 819. The summed E-state index contributed by atoms with van der Waals surface area (Å²) in [6.45, 7) is 3.05. The molecule has 8 heteroatoms. The monoisotopic (exact) mass is 395 g/mol. The molecule has 0 unspecified atom stereocenters. The van der Waals surface area contributed by atoms with Crippen LogP contribution < -0.4 is 0 Å². The van der Waals surface area contributed by atoms with Gasteiger partial charge in [0.25, 0.3) is 0 Å². The summed E-state index contributed by atoms with van der Waals surface area (Å²) in [6, 6.07) is 6.60. The Hall–Kier alpha value is -1.93. The highest BCUT2D eigenvalue weighted by molar-refractivity contribution is 7.91. The van der Waals surface area contributed by atoms with E-state index in [0.29, 0.717) is 32.6 Å². The number of carbonyl (C=O) groups excluding carboxylic acids is 1. The number of ether oxygens (including phenoxy) is 1. The standard InChI is InChI=1S/C19H25NO6S/c1-2-27(24,25)16-6-3-14(4-7-16)5-8-17(21)20-11-15-12-26-10-9-19(15,13-20)18(22)23/h3-4,6-7,15H,2,5,8-13H2,1H3,(H,22,23)/t15-,19+/m0/s1. The molecule has 0 aromatic heterocycles. The summed E-state index contributed by atoms with van der Waals surface area (Å²) >= 11 is 0. The minimum atomic E-state index is -3.23. The highest BCUT2D eigenvalue weighted by atomic mass is 32.2. The molecule has 0 aliphatic carbocycles. The average molecular weight is 395 g/mol. The minimum absolute atomic E-state index is 0.0516. The van der Waals surface area contributed by atoms with Crippen LogP contribution in [0.3, 0.4) is 0 Å². The Labute approximate surface area is 159 Å². The zero-order valence-electron chi connectivity index (χ0n) is 15.4. The maximum atomic E-state index is 12.6. The van der Waals surface area contributed by atoms with Crippen molar-refractivity contribution in [3.8, 4) is 0 Å². The van der Waals surface area contributed by atoms with E-state index in [-0.39, 0.29) is 35.4 Å². The molecule has 2 heterocycles. The number of benzene rings is 1. The molecule has 148 valence electrons. The first-order valence-electron chi connectivity index (χ1n) is 9.19. The molecule has 0 spiro atoms. The Morgan fingerprint density at radius 3 is 2.59 bits per heavy atom. The van der Waals surface area contributed by atoms with Gasteiger partial charge in [0.15, 0.2) is 9.84 Å². The molecule has 0 radical (unpaired) electrons. The second-order valence-corrected chi connectivity index (χ2v) is 9.58. The normalized spacial score (nSPS) is 25.2. The Balaban J connectivity index is 1.61. The number of hydrogen-bond donors (Lipinski definition) is 1. The SMILES string of the molecule is CCS(=O)(=O)c1ccc(CCC(=O)N2C[C@H]3COCC[C@@]3(C(=O)O)C2)cc1. The van der Waals surface area contributed by atoms with Gasteiger partial charge >= 0.3 is 5.97 Å². The van der Waals surface area contributed by atoms with E-state index in [0.717, 1.165) is 5.56 Å². The maximum Gasteiger partial charge on any atom is 0.311 e. The van der Waals surface area contributed by atoms with Crippen molar-refractivity contribution in [2.45, 2.75) is 31.1 Å². The zero-order valence-corrected chi connectivity index (χ0v) is 16.2. The summed E-state index contributed by atoms with van der Waals surface area (Å²) in [6.07, 6.45) is 1.19. The Morgan fingerprint density at radius 2 is 2.00 bits per heavy atom. The molecule has 2 aliphatic heterocycles. The van der Waals surface area contributed by atoms with Crippen molar-refractivity contribution in [1.82, 2.24) is 4.90 Å².